The average Bonchev–Trinajstić information content (AvgIpc) is 3.33. The summed E-state index contributed by atoms with van der Waals surface area (Å²) in [4.78, 5) is 16.7. The lowest BCUT2D eigenvalue weighted by atomic mass is 9.99. The first-order valence-corrected chi connectivity index (χ1v) is 12.2. The normalized spacial score (nSPS) is 16.7. The molecule has 0 aliphatic carbocycles. The van der Waals surface area contributed by atoms with Crippen molar-refractivity contribution in [2.24, 2.45) is 0 Å². The van der Waals surface area contributed by atoms with Crippen LogP contribution in [0.1, 0.15) is 59.9 Å². The van der Waals surface area contributed by atoms with Gasteiger partial charge in [-0.1, -0.05) is 5.16 Å². The second kappa shape index (κ2) is 9.89. The smallest absolute Gasteiger partial charge is 0.401 e. The maximum Gasteiger partial charge on any atom is 0.401 e. The molecule has 4 rings (SSSR count). The molecule has 0 aromatic carbocycles. The van der Waals surface area contributed by atoms with Crippen LogP contribution in [0.5, 0.6) is 0 Å². The van der Waals surface area contributed by atoms with E-state index in [0.717, 1.165) is 33.6 Å². The number of piperazine rings is 1. The molecule has 0 amide bonds. The minimum atomic E-state index is -4.21. The van der Waals surface area contributed by atoms with E-state index in [4.69, 9.17) is 9.26 Å². The molecule has 0 bridgehead atoms. The Bertz CT molecular complexity index is 1230. The van der Waals surface area contributed by atoms with E-state index >= 15 is 0 Å². The van der Waals surface area contributed by atoms with Crippen molar-refractivity contribution >= 4 is 11.5 Å². The number of aryl methyl sites for hydroxylation is 2. The fraction of sp³-hybridized carbons (Fsp3) is 0.538. The summed E-state index contributed by atoms with van der Waals surface area (Å²) >= 11 is 0. The van der Waals surface area contributed by atoms with Crippen LogP contribution in [0.4, 0.5) is 13.2 Å². The molecule has 1 aliphatic heterocycles. The summed E-state index contributed by atoms with van der Waals surface area (Å²) in [6, 6.07) is 3.69. The molecule has 0 radical (unpaired) electrons. The Hall–Kier alpha value is -2.85. The van der Waals surface area contributed by atoms with Crippen molar-refractivity contribution < 1.29 is 27.2 Å². The molecule has 0 saturated carbocycles. The second-order valence-electron chi connectivity index (χ2n) is 9.81. The Morgan fingerprint density at radius 3 is 2.36 bits per heavy atom. The molecule has 0 N–H and O–H groups in total. The van der Waals surface area contributed by atoms with Crippen molar-refractivity contribution in [1.29, 1.82) is 0 Å². The van der Waals surface area contributed by atoms with Gasteiger partial charge in [0.2, 0.25) is 0 Å². The molecule has 3 aromatic rings. The van der Waals surface area contributed by atoms with Crippen LogP contribution < -0.4 is 0 Å². The Morgan fingerprint density at radius 1 is 1.14 bits per heavy atom. The number of halogens is 3. The summed E-state index contributed by atoms with van der Waals surface area (Å²) in [6.45, 7) is 12.0. The number of esters is 1. The van der Waals surface area contributed by atoms with E-state index in [1.807, 2.05) is 59.9 Å². The summed E-state index contributed by atoms with van der Waals surface area (Å²) in [5.41, 5.74) is 5.52. The molecule has 1 atom stereocenters. The summed E-state index contributed by atoms with van der Waals surface area (Å²) in [5.74, 6) is 0.280. The van der Waals surface area contributed by atoms with Crippen LogP contribution in [0.25, 0.3) is 16.6 Å². The van der Waals surface area contributed by atoms with Gasteiger partial charge in [-0.05, 0) is 59.2 Å². The number of nitrogens with zero attached hydrogens (tertiary/aromatic N) is 4. The number of fused-ring (bicyclic) bond motifs is 1. The SMILES string of the molecule is Cc1noc(C)c1-c1ccn2c(C(C)N3CCN(CC(F)(F)F)CC3)c(C)c(C(=O)OC(C)C)cc12. The van der Waals surface area contributed by atoms with Crippen LogP contribution in [0.15, 0.2) is 22.9 Å². The van der Waals surface area contributed by atoms with Crippen LogP contribution in [0.2, 0.25) is 0 Å². The number of rotatable bonds is 6. The largest absolute Gasteiger partial charge is 0.459 e. The molecule has 3 aromatic heterocycles. The molecule has 36 heavy (non-hydrogen) atoms. The zero-order valence-corrected chi connectivity index (χ0v) is 21.6. The van der Waals surface area contributed by atoms with Gasteiger partial charge < -0.3 is 13.7 Å². The van der Waals surface area contributed by atoms with E-state index in [1.54, 1.807) is 0 Å². The second-order valence-corrected chi connectivity index (χ2v) is 9.81. The monoisotopic (exact) mass is 506 g/mol. The van der Waals surface area contributed by atoms with Gasteiger partial charge >= 0.3 is 12.1 Å². The molecule has 196 valence electrons. The first kappa shape index (κ1) is 26.2. The zero-order chi connectivity index (χ0) is 26.4. The van der Waals surface area contributed by atoms with E-state index in [9.17, 15) is 18.0 Å². The number of hydrogen-bond acceptors (Lipinski definition) is 6. The van der Waals surface area contributed by atoms with E-state index < -0.39 is 18.7 Å². The Kier molecular flexibility index (Phi) is 7.21. The molecule has 10 heteroatoms. The topological polar surface area (TPSA) is 63.2 Å². The molecule has 1 aliphatic rings. The highest BCUT2D eigenvalue weighted by Gasteiger charge is 2.34. The van der Waals surface area contributed by atoms with E-state index in [1.165, 1.54) is 4.90 Å². The Morgan fingerprint density at radius 2 is 1.81 bits per heavy atom. The molecular formula is C26H33F3N4O3. The first-order valence-electron chi connectivity index (χ1n) is 12.2. The third kappa shape index (κ3) is 5.15. The van der Waals surface area contributed by atoms with E-state index in [2.05, 4.69) is 14.5 Å². The van der Waals surface area contributed by atoms with Gasteiger partial charge in [0.25, 0.3) is 0 Å². The van der Waals surface area contributed by atoms with Gasteiger partial charge in [0.1, 0.15) is 5.76 Å². The summed E-state index contributed by atoms with van der Waals surface area (Å²) < 4.78 is 51.6. The van der Waals surface area contributed by atoms with Crippen molar-refractivity contribution in [3.05, 3.63) is 46.6 Å². The lowest BCUT2D eigenvalue weighted by Gasteiger charge is -2.39. The van der Waals surface area contributed by atoms with Gasteiger partial charge in [-0.2, -0.15) is 13.2 Å². The number of alkyl halides is 3. The fourth-order valence-corrected chi connectivity index (χ4v) is 5.18. The predicted molar refractivity (Wildman–Crippen MR) is 130 cm³/mol. The lowest BCUT2D eigenvalue weighted by molar-refractivity contribution is -0.149. The van der Waals surface area contributed by atoms with Crippen LogP contribution in [0, 0.1) is 20.8 Å². The molecule has 0 spiro atoms. The zero-order valence-electron chi connectivity index (χ0n) is 21.6. The predicted octanol–water partition coefficient (Wildman–Crippen LogP) is 5.33. The van der Waals surface area contributed by atoms with Crippen molar-refractivity contribution in [3.63, 3.8) is 0 Å². The minimum absolute atomic E-state index is 0.141. The van der Waals surface area contributed by atoms with E-state index in [-0.39, 0.29) is 12.1 Å². The third-order valence-corrected chi connectivity index (χ3v) is 6.87. The Labute approximate surface area is 208 Å². The highest BCUT2D eigenvalue weighted by Crippen LogP contribution is 2.36. The molecule has 1 fully saturated rings. The summed E-state index contributed by atoms with van der Waals surface area (Å²) in [5, 5.41) is 4.09. The minimum Gasteiger partial charge on any atom is -0.459 e. The highest BCUT2D eigenvalue weighted by molar-refractivity contribution is 5.95. The summed E-state index contributed by atoms with van der Waals surface area (Å²) in [7, 11) is 0. The quantitative estimate of drug-likeness (QED) is 0.422. The first-order chi connectivity index (χ1) is 16.9. The number of aromatic nitrogens is 2. The third-order valence-electron chi connectivity index (χ3n) is 6.87. The fourth-order valence-electron chi connectivity index (χ4n) is 5.18. The standard InChI is InChI=1S/C26H33F3N4O3/c1-15(2)35-25(34)21-13-22-20(23-17(4)30-36-19(23)6)7-8-33(22)24(16(21)3)18(5)32-11-9-31(10-12-32)14-26(27,28)29/h7-8,13,15,18H,9-12,14H2,1-6H3. The van der Waals surface area contributed by atoms with Crippen molar-refractivity contribution in [1.82, 2.24) is 19.4 Å². The van der Waals surface area contributed by atoms with Gasteiger partial charge in [-0.25, -0.2) is 4.79 Å². The van der Waals surface area contributed by atoms with Crippen molar-refractivity contribution in [3.8, 4) is 11.1 Å². The maximum atomic E-state index is 13.1. The van der Waals surface area contributed by atoms with Crippen molar-refractivity contribution in [2.45, 2.75) is 59.9 Å². The van der Waals surface area contributed by atoms with Crippen LogP contribution in [0.3, 0.4) is 0 Å². The van der Waals surface area contributed by atoms with Crippen LogP contribution in [-0.2, 0) is 4.74 Å². The molecular weight excluding hydrogens is 473 g/mol. The van der Waals surface area contributed by atoms with Gasteiger partial charge in [0.05, 0.1) is 29.4 Å². The molecule has 4 heterocycles. The molecule has 7 nitrogen and oxygen atoms in total. The number of carbonyl (C=O) groups excluding carboxylic acids is 1. The molecule has 1 unspecified atom stereocenters. The summed E-state index contributed by atoms with van der Waals surface area (Å²) in [6.07, 6.45) is -2.52. The molecule has 1 saturated heterocycles. The number of hydrogen-bond donors (Lipinski definition) is 0. The number of pyridine rings is 1. The average molecular weight is 507 g/mol. The van der Waals surface area contributed by atoms with Gasteiger partial charge in [-0.15, -0.1) is 0 Å². The van der Waals surface area contributed by atoms with Gasteiger partial charge in [0, 0.05) is 55.2 Å². The van der Waals surface area contributed by atoms with Gasteiger partial charge in [0.15, 0.2) is 0 Å². The Balaban J connectivity index is 1.77. The highest BCUT2D eigenvalue weighted by atomic mass is 19.4. The maximum absolute atomic E-state index is 13.1. The lowest BCUT2D eigenvalue weighted by Crippen LogP contribution is -2.49. The van der Waals surface area contributed by atoms with E-state index in [0.29, 0.717) is 37.5 Å². The van der Waals surface area contributed by atoms with Crippen LogP contribution in [-0.4, -0.2) is 70.3 Å². The number of carbonyl (C=O) groups is 1. The number of ether oxygens (including phenoxy) is 1. The van der Waals surface area contributed by atoms with Crippen molar-refractivity contribution in [2.75, 3.05) is 32.7 Å². The van der Waals surface area contributed by atoms with Crippen LogP contribution >= 0.6 is 0 Å². The van der Waals surface area contributed by atoms with Gasteiger partial charge in [-0.3, -0.25) is 9.80 Å².